The summed E-state index contributed by atoms with van der Waals surface area (Å²) >= 11 is 0. The molecule has 98 valence electrons. The van der Waals surface area contributed by atoms with Gasteiger partial charge in [-0.15, -0.1) is 0 Å². The van der Waals surface area contributed by atoms with E-state index in [0.29, 0.717) is 37.6 Å². The minimum absolute atomic E-state index is 0.387. The number of aromatic nitrogens is 1. The predicted molar refractivity (Wildman–Crippen MR) is 66.7 cm³/mol. The molecule has 1 fully saturated rings. The number of likely N-dealkylation sites (N-methyl/N-ethyl adjacent to an activating group) is 1. The largest absolute Gasteiger partial charge is 0.383 e. The van der Waals surface area contributed by atoms with Crippen LogP contribution in [0.1, 0.15) is 12.8 Å². The maximum atomic E-state index is 12.8. The number of anilines is 1. The topological polar surface area (TPSA) is 45.6 Å². The zero-order chi connectivity index (χ0) is 13.2. The van der Waals surface area contributed by atoms with E-state index in [1.165, 1.54) is 6.07 Å². The molecule has 0 atom stereocenters. The average molecular weight is 252 g/mol. The van der Waals surface area contributed by atoms with Crippen molar-refractivity contribution in [3.8, 4) is 0 Å². The van der Waals surface area contributed by atoms with Crippen LogP contribution in [0.15, 0.2) is 30.6 Å². The molecule has 1 aromatic rings. The molecule has 0 bridgehead atoms. The molecule has 5 heteroatoms. The Hall–Kier alpha value is -1.46. The number of hydrogen-bond acceptors (Lipinski definition) is 4. The van der Waals surface area contributed by atoms with Crippen molar-refractivity contribution in [1.82, 2.24) is 4.98 Å². The molecule has 0 aromatic carbocycles. The molecular weight excluding hydrogens is 235 g/mol. The Morgan fingerprint density at radius 2 is 2.17 bits per heavy atom. The normalized spacial score (nSPS) is 18.4. The van der Waals surface area contributed by atoms with Crippen LogP contribution in [-0.2, 0) is 4.74 Å². The van der Waals surface area contributed by atoms with Crippen molar-refractivity contribution >= 4 is 5.82 Å². The second-order valence-electron chi connectivity index (χ2n) is 4.48. The second kappa shape index (κ2) is 5.04. The highest BCUT2D eigenvalue weighted by atomic mass is 19.1. The van der Waals surface area contributed by atoms with Crippen LogP contribution in [0.4, 0.5) is 10.2 Å². The molecule has 0 radical (unpaired) electrons. The highest BCUT2D eigenvalue weighted by molar-refractivity contribution is 5.46. The molecule has 0 unspecified atom stereocenters. The molecule has 0 aliphatic carbocycles. The van der Waals surface area contributed by atoms with E-state index >= 15 is 0 Å². The van der Waals surface area contributed by atoms with Gasteiger partial charge in [-0.3, -0.25) is 0 Å². The van der Waals surface area contributed by atoms with Gasteiger partial charge in [0.05, 0.1) is 6.20 Å². The summed E-state index contributed by atoms with van der Waals surface area (Å²) in [6, 6.07) is 2.89. The molecule has 1 aromatic heterocycles. The first kappa shape index (κ1) is 13.0. The number of pyridine rings is 1. The molecule has 0 amide bonds. The van der Waals surface area contributed by atoms with Gasteiger partial charge in [-0.2, -0.15) is 0 Å². The van der Waals surface area contributed by atoms with Crippen LogP contribution in [0, 0.1) is 5.82 Å². The fourth-order valence-electron chi connectivity index (χ4n) is 2.01. The Morgan fingerprint density at radius 3 is 2.72 bits per heavy atom. The highest BCUT2D eigenvalue weighted by Crippen LogP contribution is 2.31. The molecule has 1 aliphatic rings. The summed E-state index contributed by atoms with van der Waals surface area (Å²) in [7, 11) is 1.76. The summed E-state index contributed by atoms with van der Waals surface area (Å²) in [6.45, 7) is 4.96. The van der Waals surface area contributed by atoms with Crippen molar-refractivity contribution in [2.45, 2.75) is 18.4 Å². The second-order valence-corrected chi connectivity index (χ2v) is 4.48. The fraction of sp³-hybridized carbons (Fsp3) is 0.462. The van der Waals surface area contributed by atoms with Gasteiger partial charge in [-0.05, 0) is 12.1 Å². The summed E-state index contributed by atoms with van der Waals surface area (Å²) in [5.74, 6) is 0.170. The SMILES string of the molecule is C=C(N(C)c1ccc(F)cn1)C1(O)CCOCC1. The summed E-state index contributed by atoms with van der Waals surface area (Å²) in [5.41, 5.74) is -0.409. The Labute approximate surface area is 106 Å². The Balaban J connectivity index is 2.15. The van der Waals surface area contributed by atoms with Gasteiger partial charge in [0.25, 0.3) is 0 Å². The lowest BCUT2D eigenvalue weighted by Gasteiger charge is -2.37. The third kappa shape index (κ3) is 2.52. The van der Waals surface area contributed by atoms with E-state index < -0.39 is 5.60 Å². The summed E-state index contributed by atoms with van der Waals surface area (Å²) in [5, 5.41) is 10.5. The maximum absolute atomic E-state index is 12.8. The van der Waals surface area contributed by atoms with Gasteiger partial charge in [0.15, 0.2) is 0 Å². The zero-order valence-corrected chi connectivity index (χ0v) is 10.4. The average Bonchev–Trinajstić information content (AvgIpc) is 2.39. The van der Waals surface area contributed by atoms with Crippen LogP contribution >= 0.6 is 0 Å². The number of hydrogen-bond donors (Lipinski definition) is 1. The third-order valence-corrected chi connectivity index (χ3v) is 3.32. The zero-order valence-electron chi connectivity index (χ0n) is 10.4. The summed E-state index contributed by atoms with van der Waals surface area (Å²) in [4.78, 5) is 5.66. The van der Waals surface area contributed by atoms with Gasteiger partial charge in [0.2, 0.25) is 0 Å². The van der Waals surface area contributed by atoms with Crippen LogP contribution in [-0.4, -0.2) is 36.0 Å². The van der Waals surface area contributed by atoms with E-state index in [1.807, 2.05) is 0 Å². The lowest BCUT2D eigenvalue weighted by Crippen LogP contribution is -2.43. The van der Waals surface area contributed by atoms with Crippen molar-refractivity contribution in [3.63, 3.8) is 0 Å². The van der Waals surface area contributed by atoms with Crippen LogP contribution in [0.3, 0.4) is 0 Å². The molecule has 2 heterocycles. The number of ether oxygens (including phenoxy) is 1. The van der Waals surface area contributed by atoms with Crippen molar-refractivity contribution < 1.29 is 14.2 Å². The minimum atomic E-state index is -0.969. The lowest BCUT2D eigenvalue weighted by atomic mass is 9.90. The first-order valence-electron chi connectivity index (χ1n) is 5.88. The summed E-state index contributed by atoms with van der Waals surface area (Å²) in [6.07, 6.45) is 2.17. The Bertz CT molecular complexity index is 427. The molecule has 1 N–H and O–H groups in total. The minimum Gasteiger partial charge on any atom is -0.383 e. The number of nitrogens with zero attached hydrogens (tertiary/aromatic N) is 2. The molecule has 0 spiro atoms. The van der Waals surface area contributed by atoms with E-state index in [9.17, 15) is 9.50 Å². The van der Waals surface area contributed by atoms with Crippen LogP contribution in [0.5, 0.6) is 0 Å². The Kier molecular flexibility index (Phi) is 3.63. The molecule has 4 nitrogen and oxygen atoms in total. The molecule has 1 saturated heterocycles. The quantitative estimate of drug-likeness (QED) is 0.889. The number of halogens is 1. The third-order valence-electron chi connectivity index (χ3n) is 3.32. The van der Waals surface area contributed by atoms with Gasteiger partial charge in [-0.1, -0.05) is 6.58 Å². The molecule has 2 rings (SSSR count). The van der Waals surface area contributed by atoms with E-state index in [1.54, 1.807) is 18.0 Å². The van der Waals surface area contributed by atoms with E-state index in [4.69, 9.17) is 4.74 Å². The lowest BCUT2D eigenvalue weighted by molar-refractivity contribution is -0.0402. The smallest absolute Gasteiger partial charge is 0.141 e. The molecule has 0 saturated carbocycles. The van der Waals surface area contributed by atoms with Gasteiger partial charge in [0, 0.05) is 38.8 Å². The van der Waals surface area contributed by atoms with Crippen molar-refractivity contribution in [3.05, 3.63) is 36.4 Å². The Morgan fingerprint density at radius 1 is 1.50 bits per heavy atom. The number of aliphatic hydroxyl groups is 1. The maximum Gasteiger partial charge on any atom is 0.141 e. The van der Waals surface area contributed by atoms with Crippen molar-refractivity contribution in [1.29, 1.82) is 0 Å². The monoisotopic (exact) mass is 252 g/mol. The predicted octanol–water partition coefficient (Wildman–Crippen LogP) is 1.71. The van der Waals surface area contributed by atoms with Gasteiger partial charge in [-0.25, -0.2) is 9.37 Å². The van der Waals surface area contributed by atoms with E-state index in [2.05, 4.69) is 11.6 Å². The van der Waals surface area contributed by atoms with Crippen LogP contribution < -0.4 is 4.90 Å². The van der Waals surface area contributed by atoms with E-state index in [0.717, 1.165) is 6.20 Å². The van der Waals surface area contributed by atoms with Gasteiger partial charge in [0.1, 0.15) is 17.2 Å². The first-order chi connectivity index (χ1) is 8.53. The van der Waals surface area contributed by atoms with Crippen LogP contribution in [0.25, 0.3) is 0 Å². The summed E-state index contributed by atoms with van der Waals surface area (Å²) < 4.78 is 18.0. The standard InChI is InChI=1S/C13H17FN2O2/c1-10(13(17)5-7-18-8-6-13)16(2)12-4-3-11(14)9-15-12/h3-4,9,17H,1,5-8H2,2H3. The van der Waals surface area contributed by atoms with E-state index in [-0.39, 0.29) is 5.82 Å². The molecule has 18 heavy (non-hydrogen) atoms. The van der Waals surface area contributed by atoms with Gasteiger partial charge < -0.3 is 14.7 Å². The van der Waals surface area contributed by atoms with Crippen LogP contribution in [0.2, 0.25) is 0 Å². The number of rotatable bonds is 3. The molecule has 1 aliphatic heterocycles. The van der Waals surface area contributed by atoms with Crippen molar-refractivity contribution in [2.24, 2.45) is 0 Å². The molecular formula is C13H17FN2O2. The fourth-order valence-corrected chi connectivity index (χ4v) is 2.01. The first-order valence-corrected chi connectivity index (χ1v) is 5.88. The van der Waals surface area contributed by atoms with Gasteiger partial charge >= 0.3 is 0 Å². The highest BCUT2D eigenvalue weighted by Gasteiger charge is 2.35. The van der Waals surface area contributed by atoms with Crippen molar-refractivity contribution in [2.75, 3.05) is 25.2 Å².